The average molecular weight is 178 g/mol. The maximum atomic E-state index is 5.24. The van der Waals surface area contributed by atoms with Gasteiger partial charge in [0.25, 0.3) is 0 Å². The van der Waals surface area contributed by atoms with Crippen LogP contribution in [0.15, 0.2) is 0 Å². The van der Waals surface area contributed by atoms with E-state index in [4.69, 9.17) is 4.74 Å². The van der Waals surface area contributed by atoms with Gasteiger partial charge in [-0.25, -0.2) is 4.98 Å². The summed E-state index contributed by atoms with van der Waals surface area (Å²) < 4.78 is 5.24. The molecule has 70 valence electrons. The second-order valence-corrected chi connectivity index (χ2v) is 3.39. The molecule has 0 aromatic carbocycles. The molecule has 1 aliphatic heterocycles. The summed E-state index contributed by atoms with van der Waals surface area (Å²) in [6.07, 6.45) is 0. The van der Waals surface area contributed by atoms with Crippen LogP contribution < -0.4 is 10.1 Å². The van der Waals surface area contributed by atoms with Crippen LogP contribution in [0.25, 0.3) is 0 Å². The van der Waals surface area contributed by atoms with Crippen LogP contribution in [0.4, 0.5) is 0 Å². The van der Waals surface area contributed by atoms with Gasteiger partial charge >= 0.3 is 0 Å². The summed E-state index contributed by atoms with van der Waals surface area (Å²) in [6, 6.07) is 0. The number of ether oxygens (including phenoxy) is 1. The van der Waals surface area contributed by atoms with E-state index in [0.717, 1.165) is 24.7 Å². The lowest BCUT2D eigenvalue weighted by Crippen LogP contribution is -2.00. The van der Waals surface area contributed by atoms with Gasteiger partial charge in [0.1, 0.15) is 0 Å². The normalized spacial score (nSPS) is 14.4. The predicted octanol–water partition coefficient (Wildman–Crippen LogP) is 1.31. The average Bonchev–Trinajstić information content (AvgIpc) is 2.60. The third-order valence-electron chi connectivity index (χ3n) is 2.68. The van der Waals surface area contributed by atoms with Crippen molar-refractivity contribution in [1.29, 1.82) is 0 Å². The molecule has 0 atom stereocenters. The summed E-state index contributed by atoms with van der Waals surface area (Å²) in [6.45, 7) is 5.97. The molecule has 0 amide bonds. The second-order valence-electron chi connectivity index (χ2n) is 3.39. The standard InChI is InChI=1S/C10H14N2O/c1-6-7(2)12-10(13-3)9-5-11-4-8(6)9/h11H,4-5H2,1-3H3. The van der Waals surface area contributed by atoms with Gasteiger partial charge < -0.3 is 10.1 Å². The van der Waals surface area contributed by atoms with Gasteiger partial charge in [0.2, 0.25) is 5.88 Å². The first-order valence-corrected chi connectivity index (χ1v) is 4.47. The minimum atomic E-state index is 0.781. The summed E-state index contributed by atoms with van der Waals surface area (Å²) in [5.41, 5.74) is 4.95. The van der Waals surface area contributed by atoms with Crippen molar-refractivity contribution < 1.29 is 4.74 Å². The van der Waals surface area contributed by atoms with Crippen molar-refractivity contribution in [2.45, 2.75) is 26.9 Å². The number of aryl methyl sites for hydroxylation is 1. The first-order chi connectivity index (χ1) is 6.24. The maximum Gasteiger partial charge on any atom is 0.218 e. The van der Waals surface area contributed by atoms with Crippen LogP contribution in [0.3, 0.4) is 0 Å². The molecule has 0 saturated carbocycles. The lowest BCUT2D eigenvalue weighted by molar-refractivity contribution is 0.391. The Kier molecular flexibility index (Phi) is 1.96. The summed E-state index contributed by atoms with van der Waals surface area (Å²) in [5, 5.41) is 3.31. The van der Waals surface area contributed by atoms with E-state index in [0.29, 0.717) is 0 Å². The smallest absolute Gasteiger partial charge is 0.218 e. The van der Waals surface area contributed by atoms with Gasteiger partial charge in [0.05, 0.1) is 7.11 Å². The highest BCUT2D eigenvalue weighted by atomic mass is 16.5. The molecule has 1 aromatic heterocycles. The van der Waals surface area contributed by atoms with Gasteiger partial charge in [-0.05, 0) is 25.0 Å². The zero-order valence-electron chi connectivity index (χ0n) is 8.27. The Balaban J connectivity index is 2.64. The number of aromatic nitrogens is 1. The van der Waals surface area contributed by atoms with Crippen LogP contribution in [-0.4, -0.2) is 12.1 Å². The lowest BCUT2D eigenvalue weighted by atomic mass is 10.1. The van der Waals surface area contributed by atoms with Gasteiger partial charge in [0.15, 0.2) is 0 Å². The first kappa shape index (κ1) is 8.51. The van der Waals surface area contributed by atoms with E-state index < -0.39 is 0 Å². The van der Waals surface area contributed by atoms with Crippen LogP contribution in [-0.2, 0) is 13.1 Å². The third-order valence-corrected chi connectivity index (χ3v) is 2.68. The molecule has 2 rings (SSSR count). The molecule has 2 heterocycles. The predicted molar refractivity (Wildman–Crippen MR) is 50.8 cm³/mol. The Morgan fingerprint density at radius 2 is 1.92 bits per heavy atom. The zero-order valence-corrected chi connectivity index (χ0v) is 8.27. The van der Waals surface area contributed by atoms with Crippen molar-refractivity contribution in [3.8, 4) is 5.88 Å². The molecule has 1 aliphatic rings. The fourth-order valence-corrected chi connectivity index (χ4v) is 1.78. The summed E-state index contributed by atoms with van der Waals surface area (Å²) >= 11 is 0. The molecule has 0 fully saturated rings. The molecular formula is C10H14N2O. The molecule has 3 heteroatoms. The van der Waals surface area contributed by atoms with Crippen molar-refractivity contribution in [3.63, 3.8) is 0 Å². The molecule has 1 aromatic rings. The van der Waals surface area contributed by atoms with Crippen LogP contribution in [0.5, 0.6) is 5.88 Å². The topological polar surface area (TPSA) is 34.1 Å². The molecular weight excluding hydrogens is 164 g/mol. The largest absolute Gasteiger partial charge is 0.481 e. The quantitative estimate of drug-likeness (QED) is 0.704. The minimum Gasteiger partial charge on any atom is -0.481 e. The SMILES string of the molecule is COc1nc(C)c(C)c2c1CNC2. The lowest BCUT2D eigenvalue weighted by Gasteiger charge is -2.10. The second kappa shape index (κ2) is 3.00. The highest BCUT2D eigenvalue weighted by Gasteiger charge is 2.19. The number of nitrogens with zero attached hydrogens (tertiary/aromatic N) is 1. The van der Waals surface area contributed by atoms with Crippen molar-refractivity contribution in [3.05, 3.63) is 22.4 Å². The molecule has 3 nitrogen and oxygen atoms in total. The molecule has 0 spiro atoms. The van der Waals surface area contributed by atoms with Gasteiger partial charge in [-0.3, -0.25) is 0 Å². The molecule has 0 bridgehead atoms. The third kappa shape index (κ3) is 1.20. The Hall–Kier alpha value is -1.09. The van der Waals surface area contributed by atoms with Gasteiger partial charge in [-0.2, -0.15) is 0 Å². The highest BCUT2D eigenvalue weighted by molar-refractivity contribution is 5.44. The molecule has 0 saturated heterocycles. The molecule has 0 aliphatic carbocycles. The van der Waals surface area contributed by atoms with Crippen LogP contribution in [0.1, 0.15) is 22.4 Å². The minimum absolute atomic E-state index is 0.781. The molecule has 1 N–H and O–H groups in total. The Morgan fingerprint density at radius 3 is 2.62 bits per heavy atom. The molecule has 0 unspecified atom stereocenters. The number of hydrogen-bond acceptors (Lipinski definition) is 3. The summed E-state index contributed by atoms with van der Waals surface area (Å²) in [7, 11) is 1.68. The number of nitrogens with one attached hydrogen (secondary N) is 1. The Labute approximate surface area is 78.1 Å². The number of hydrogen-bond donors (Lipinski definition) is 1. The van der Waals surface area contributed by atoms with E-state index in [9.17, 15) is 0 Å². The van der Waals surface area contributed by atoms with Crippen molar-refractivity contribution in [1.82, 2.24) is 10.3 Å². The number of methoxy groups -OCH3 is 1. The summed E-state index contributed by atoms with van der Waals surface area (Å²) in [5.74, 6) is 0.781. The van der Waals surface area contributed by atoms with Crippen LogP contribution in [0, 0.1) is 13.8 Å². The van der Waals surface area contributed by atoms with E-state index in [1.165, 1.54) is 16.7 Å². The fourth-order valence-electron chi connectivity index (χ4n) is 1.78. The first-order valence-electron chi connectivity index (χ1n) is 4.47. The molecule has 13 heavy (non-hydrogen) atoms. The highest BCUT2D eigenvalue weighted by Crippen LogP contribution is 2.28. The number of pyridine rings is 1. The Morgan fingerprint density at radius 1 is 1.23 bits per heavy atom. The van der Waals surface area contributed by atoms with Crippen molar-refractivity contribution in [2.75, 3.05) is 7.11 Å². The van der Waals surface area contributed by atoms with Gasteiger partial charge in [-0.15, -0.1) is 0 Å². The summed E-state index contributed by atoms with van der Waals surface area (Å²) in [4.78, 5) is 4.40. The number of fused-ring (bicyclic) bond motifs is 1. The zero-order chi connectivity index (χ0) is 9.42. The van der Waals surface area contributed by atoms with E-state index in [-0.39, 0.29) is 0 Å². The molecule has 0 radical (unpaired) electrons. The van der Waals surface area contributed by atoms with Crippen molar-refractivity contribution in [2.24, 2.45) is 0 Å². The van der Waals surface area contributed by atoms with Crippen LogP contribution >= 0.6 is 0 Å². The Bertz CT molecular complexity index is 347. The number of rotatable bonds is 1. The van der Waals surface area contributed by atoms with E-state index in [2.05, 4.69) is 17.2 Å². The van der Waals surface area contributed by atoms with E-state index >= 15 is 0 Å². The monoisotopic (exact) mass is 178 g/mol. The fraction of sp³-hybridized carbons (Fsp3) is 0.500. The van der Waals surface area contributed by atoms with Gasteiger partial charge in [-0.1, -0.05) is 0 Å². The van der Waals surface area contributed by atoms with Crippen molar-refractivity contribution >= 4 is 0 Å². The van der Waals surface area contributed by atoms with Crippen LogP contribution in [0.2, 0.25) is 0 Å². The van der Waals surface area contributed by atoms with E-state index in [1.807, 2.05) is 6.92 Å². The van der Waals surface area contributed by atoms with Gasteiger partial charge in [0, 0.05) is 24.3 Å². The van der Waals surface area contributed by atoms with E-state index in [1.54, 1.807) is 7.11 Å². The maximum absolute atomic E-state index is 5.24.